The molecule has 0 amide bonds. The van der Waals surface area contributed by atoms with Gasteiger partial charge in [0.1, 0.15) is 0 Å². The van der Waals surface area contributed by atoms with Crippen molar-refractivity contribution in [2.75, 3.05) is 0 Å². The van der Waals surface area contributed by atoms with Gasteiger partial charge in [-0.15, -0.1) is 0 Å². The minimum absolute atomic E-state index is 1.55. The van der Waals surface area contributed by atoms with Crippen LogP contribution >= 0.6 is 0 Å². The van der Waals surface area contributed by atoms with E-state index < -0.39 is 54.3 Å². The summed E-state index contributed by atoms with van der Waals surface area (Å²) in [6, 6.07) is 0. The molecule has 2 N–H and O–H groups in total. The van der Waals surface area contributed by atoms with Crippen LogP contribution in [-0.4, -0.2) is 63.8 Å². The third-order valence-electron chi connectivity index (χ3n) is 1.79. The Morgan fingerprint density at radius 3 is 1.10 bits per heavy atom. The average Bonchev–Trinajstić information content (AvgIpc) is 2.07. The average molecular weight is 407 g/mol. The Morgan fingerprint density at radius 2 is 0.857 bits per heavy atom. The van der Waals surface area contributed by atoms with Gasteiger partial charge in [0, 0.05) is 0 Å². The van der Waals surface area contributed by atoms with E-state index in [-0.39, 0.29) is 0 Å². The van der Waals surface area contributed by atoms with Crippen molar-refractivity contribution in [3.05, 3.63) is 0 Å². The van der Waals surface area contributed by atoms with Gasteiger partial charge < -0.3 is 30.2 Å². The minimum atomic E-state index is -4.29. The van der Waals surface area contributed by atoms with Gasteiger partial charge in [0.05, 0.1) is 0 Å². The first-order valence-electron chi connectivity index (χ1n) is 7.23. The lowest BCUT2D eigenvalue weighted by Gasteiger charge is -2.36. The maximum absolute atomic E-state index is 10.1. The van der Waals surface area contributed by atoms with Crippen LogP contribution in [0.3, 0.4) is 0 Å². The molecule has 0 aliphatic heterocycles. The fourth-order valence-corrected chi connectivity index (χ4v) is 16.9. The summed E-state index contributed by atoms with van der Waals surface area (Å²) in [5.74, 6) is 0. The van der Waals surface area contributed by atoms with E-state index in [1.807, 2.05) is 52.4 Å². The van der Waals surface area contributed by atoms with E-state index in [1.54, 1.807) is 0 Å². The van der Waals surface area contributed by atoms with Crippen LogP contribution in [0.1, 0.15) is 0 Å². The molecule has 0 bridgehead atoms. The molecule has 0 saturated heterocycles. The highest BCUT2D eigenvalue weighted by Gasteiger charge is 2.56. The van der Waals surface area contributed by atoms with Crippen molar-refractivity contribution in [1.82, 2.24) is 0 Å². The highest BCUT2D eigenvalue weighted by molar-refractivity contribution is 6.81. The van der Waals surface area contributed by atoms with Gasteiger partial charge in [0.2, 0.25) is 0 Å². The van der Waals surface area contributed by atoms with Gasteiger partial charge >= 0.3 is 18.1 Å². The number of rotatable bonds is 10. The Hall–Kier alpha value is 1.02. The van der Waals surface area contributed by atoms with Crippen molar-refractivity contribution in [2.45, 2.75) is 52.4 Å². The lowest BCUT2D eigenvalue weighted by molar-refractivity contribution is 0.0636. The molecule has 0 radical (unpaired) electrons. The fourth-order valence-electron chi connectivity index (χ4n) is 1.52. The molecule has 0 atom stereocenters. The zero-order valence-electron chi connectivity index (χ0n) is 14.2. The molecule has 0 spiro atoms. The van der Waals surface area contributed by atoms with Crippen molar-refractivity contribution in [2.24, 2.45) is 0 Å². The summed E-state index contributed by atoms with van der Waals surface area (Å²) in [6.07, 6.45) is 0. The van der Waals surface area contributed by atoms with Crippen LogP contribution in [0.2, 0.25) is 52.4 Å². The third kappa shape index (κ3) is 10.4. The summed E-state index contributed by atoms with van der Waals surface area (Å²) < 4.78 is 28.5. The SMILES string of the molecule is C[SiH](C)O[Si](O)(O)O[Si](O[SiH](C)C)(O[SiH](C)C)O[SiH](C)C. The molecule has 0 saturated carbocycles. The molecule has 0 unspecified atom stereocenters. The summed E-state index contributed by atoms with van der Waals surface area (Å²) in [6.45, 7) is 15.5. The second-order valence-corrected chi connectivity index (χ2v) is 20.9. The molecule has 21 heavy (non-hydrogen) atoms. The summed E-state index contributed by atoms with van der Waals surface area (Å²) in [5.41, 5.74) is 0. The maximum atomic E-state index is 10.1. The smallest absolute Gasteiger partial charge is 0.399 e. The Bertz CT molecular complexity index is 274. The summed E-state index contributed by atoms with van der Waals surface area (Å²) in [4.78, 5) is 20.2. The number of hydrogen-bond acceptors (Lipinski definition) is 7. The zero-order chi connectivity index (χ0) is 16.8. The molecule has 0 aliphatic rings. The van der Waals surface area contributed by atoms with E-state index in [2.05, 4.69) is 0 Å². The van der Waals surface area contributed by atoms with Crippen LogP contribution in [0.25, 0.3) is 0 Å². The van der Waals surface area contributed by atoms with E-state index in [1.165, 1.54) is 0 Å². The van der Waals surface area contributed by atoms with Crippen LogP contribution < -0.4 is 0 Å². The third-order valence-corrected chi connectivity index (χ3v) is 16.1. The van der Waals surface area contributed by atoms with E-state index in [9.17, 15) is 9.59 Å². The standard InChI is InChI=1S/C8H30O7Si6/c1-16(2)11-20(9,10)15-21(12-17(3)4,13-18(5)6)14-19(7)8/h9-10,16-19H,1-8H3. The Labute approximate surface area is 137 Å². The quantitative estimate of drug-likeness (QED) is 0.488. The fraction of sp³-hybridized carbons (Fsp3) is 1.00. The van der Waals surface area contributed by atoms with Gasteiger partial charge in [0.15, 0.2) is 36.2 Å². The molecule has 0 aromatic carbocycles. The minimum Gasteiger partial charge on any atom is -0.399 e. The molecule has 0 fully saturated rings. The normalized spacial score (nSPS) is 14.0. The number of hydrogen-bond donors (Lipinski definition) is 2. The van der Waals surface area contributed by atoms with Gasteiger partial charge in [-0.25, -0.2) is 0 Å². The van der Waals surface area contributed by atoms with Crippen molar-refractivity contribution in [3.8, 4) is 0 Å². The van der Waals surface area contributed by atoms with Gasteiger partial charge in [-0.05, 0) is 52.4 Å². The molecule has 0 rings (SSSR count). The molecule has 13 heteroatoms. The molecule has 0 heterocycles. The van der Waals surface area contributed by atoms with Crippen LogP contribution in [0.15, 0.2) is 0 Å². The van der Waals surface area contributed by atoms with Crippen LogP contribution in [0, 0.1) is 0 Å². The van der Waals surface area contributed by atoms with Crippen LogP contribution in [0.5, 0.6) is 0 Å². The van der Waals surface area contributed by atoms with E-state index in [0.717, 1.165) is 0 Å². The summed E-state index contributed by atoms with van der Waals surface area (Å²) in [7, 11) is -14.2. The molecule has 0 aromatic heterocycles. The topological polar surface area (TPSA) is 86.6 Å². The Balaban J connectivity index is 5.30. The molecular weight excluding hydrogens is 377 g/mol. The van der Waals surface area contributed by atoms with Gasteiger partial charge in [0.25, 0.3) is 0 Å². The second kappa shape index (κ2) is 9.35. The zero-order valence-corrected chi connectivity index (χ0v) is 20.9. The lowest BCUT2D eigenvalue weighted by atomic mass is 11.9. The summed E-state index contributed by atoms with van der Waals surface area (Å²) in [5, 5.41) is 0. The predicted molar refractivity (Wildman–Crippen MR) is 96.9 cm³/mol. The van der Waals surface area contributed by atoms with Gasteiger partial charge in [-0.2, -0.15) is 0 Å². The Kier molecular flexibility index (Phi) is 9.80. The second-order valence-electron chi connectivity index (χ2n) is 5.82. The maximum Gasteiger partial charge on any atom is 0.657 e. The van der Waals surface area contributed by atoms with E-state index >= 15 is 0 Å². The first-order chi connectivity index (χ1) is 9.37. The molecule has 128 valence electrons. The summed E-state index contributed by atoms with van der Waals surface area (Å²) >= 11 is 0. The predicted octanol–water partition coefficient (Wildman–Crippen LogP) is -0.141. The molecule has 0 aromatic rings. The highest BCUT2D eigenvalue weighted by atomic mass is 28.5. The molecular formula is C8H30O7Si6. The molecule has 7 nitrogen and oxygen atoms in total. The molecule has 0 aliphatic carbocycles. The lowest BCUT2D eigenvalue weighted by Crippen LogP contribution is -2.63. The van der Waals surface area contributed by atoms with Crippen LogP contribution in [-0.2, 0) is 20.6 Å². The van der Waals surface area contributed by atoms with Gasteiger partial charge in [-0.1, -0.05) is 0 Å². The van der Waals surface area contributed by atoms with E-state index in [4.69, 9.17) is 20.6 Å². The first-order valence-corrected chi connectivity index (χ1v) is 21.7. The monoisotopic (exact) mass is 406 g/mol. The van der Waals surface area contributed by atoms with Crippen molar-refractivity contribution in [3.63, 3.8) is 0 Å². The Morgan fingerprint density at radius 1 is 0.571 bits per heavy atom. The largest absolute Gasteiger partial charge is 0.657 e. The van der Waals surface area contributed by atoms with E-state index in [0.29, 0.717) is 0 Å². The van der Waals surface area contributed by atoms with Crippen LogP contribution in [0.4, 0.5) is 0 Å². The van der Waals surface area contributed by atoms with Gasteiger partial charge in [-0.3, -0.25) is 0 Å². The first kappa shape index (κ1) is 22.0. The van der Waals surface area contributed by atoms with Crippen molar-refractivity contribution < 1.29 is 30.2 Å². The highest BCUT2D eigenvalue weighted by Crippen LogP contribution is 2.20. The van der Waals surface area contributed by atoms with Crippen molar-refractivity contribution in [1.29, 1.82) is 0 Å². The van der Waals surface area contributed by atoms with Crippen molar-refractivity contribution >= 4 is 54.3 Å².